The molecule has 32 heavy (non-hydrogen) atoms. The predicted octanol–water partition coefficient (Wildman–Crippen LogP) is 2.85. The first kappa shape index (κ1) is 22.1. The van der Waals surface area contributed by atoms with Crippen molar-refractivity contribution in [2.24, 2.45) is 0 Å². The van der Waals surface area contributed by atoms with Gasteiger partial charge in [-0.05, 0) is 31.9 Å². The van der Waals surface area contributed by atoms with Crippen LogP contribution < -0.4 is 5.32 Å². The molecule has 2 amide bonds. The van der Waals surface area contributed by atoms with Gasteiger partial charge in [-0.3, -0.25) is 9.59 Å². The van der Waals surface area contributed by atoms with Crippen LogP contribution in [0.5, 0.6) is 0 Å². The first-order valence-electron chi connectivity index (χ1n) is 11.0. The molecule has 2 aliphatic heterocycles. The topological polar surface area (TPSA) is 89.9 Å². The Morgan fingerprint density at radius 2 is 1.97 bits per heavy atom. The molecule has 8 heteroatoms. The second-order valence-corrected chi connectivity index (χ2v) is 8.53. The number of carbonyl (C=O) groups is 3. The van der Waals surface area contributed by atoms with Gasteiger partial charge in [-0.1, -0.05) is 37.3 Å². The van der Waals surface area contributed by atoms with Gasteiger partial charge in [0.2, 0.25) is 0 Å². The Hall–Kier alpha value is -3.13. The van der Waals surface area contributed by atoms with Crippen molar-refractivity contribution in [3.8, 4) is 0 Å². The number of aromatic nitrogens is 1. The Balaban J connectivity index is 1.68. The summed E-state index contributed by atoms with van der Waals surface area (Å²) in [5.74, 6) is -1.05. The summed E-state index contributed by atoms with van der Waals surface area (Å²) >= 11 is 0. The fourth-order valence-corrected chi connectivity index (χ4v) is 4.56. The van der Waals surface area contributed by atoms with Crippen molar-refractivity contribution in [2.75, 3.05) is 13.7 Å². The zero-order valence-corrected chi connectivity index (χ0v) is 18.8. The highest BCUT2D eigenvalue weighted by atomic mass is 16.5. The average molecular weight is 440 g/mol. The van der Waals surface area contributed by atoms with Gasteiger partial charge in [-0.2, -0.15) is 0 Å². The minimum atomic E-state index is -0.813. The van der Waals surface area contributed by atoms with Gasteiger partial charge < -0.3 is 24.3 Å². The number of nitrogens with one attached hydrogen (secondary N) is 1. The lowest BCUT2D eigenvalue weighted by Gasteiger charge is -2.41. The van der Waals surface area contributed by atoms with Crippen molar-refractivity contribution in [3.05, 3.63) is 58.9 Å². The monoisotopic (exact) mass is 439 g/mol. The summed E-state index contributed by atoms with van der Waals surface area (Å²) in [6.07, 6.45) is 0.425. The molecule has 1 unspecified atom stereocenters. The summed E-state index contributed by atoms with van der Waals surface area (Å²) in [5, 5.41) is 3.08. The highest BCUT2D eigenvalue weighted by molar-refractivity contribution is 6.02. The molecular formula is C24H29N3O5. The molecule has 8 nitrogen and oxygen atoms in total. The lowest BCUT2D eigenvalue weighted by atomic mass is 10.0. The van der Waals surface area contributed by atoms with Crippen molar-refractivity contribution < 1.29 is 23.9 Å². The van der Waals surface area contributed by atoms with Crippen LogP contribution in [0.4, 0.5) is 0 Å². The summed E-state index contributed by atoms with van der Waals surface area (Å²) in [4.78, 5) is 40.6. The molecule has 1 N–H and O–H groups in total. The number of nitrogens with zero attached hydrogens (tertiary/aromatic N) is 2. The summed E-state index contributed by atoms with van der Waals surface area (Å²) in [6.45, 7) is 6.00. The maximum Gasteiger partial charge on any atom is 0.331 e. The Morgan fingerprint density at radius 1 is 1.25 bits per heavy atom. The number of carbonyl (C=O) groups excluding carboxylic acids is 3. The number of ether oxygens (including phenoxy) is 2. The summed E-state index contributed by atoms with van der Waals surface area (Å²) in [5.41, 5.74) is 2.42. The normalized spacial score (nSPS) is 20.7. The molecule has 0 spiro atoms. The Labute approximate surface area is 187 Å². The molecular weight excluding hydrogens is 410 g/mol. The Morgan fingerprint density at radius 3 is 2.62 bits per heavy atom. The molecule has 3 atom stereocenters. The first-order valence-corrected chi connectivity index (χ1v) is 11.0. The van der Waals surface area contributed by atoms with Crippen LogP contribution in [0.1, 0.15) is 71.4 Å². The van der Waals surface area contributed by atoms with Crippen LogP contribution in [0.3, 0.4) is 0 Å². The van der Waals surface area contributed by atoms with E-state index in [9.17, 15) is 14.4 Å². The molecule has 0 fully saturated rings. The van der Waals surface area contributed by atoms with E-state index in [2.05, 4.69) is 5.32 Å². The van der Waals surface area contributed by atoms with Crippen LogP contribution in [0.2, 0.25) is 0 Å². The standard InChI is InChI=1S/C24H29N3O5/c1-5-17(15-9-7-6-8-10-15)25-22(28)16-11-18-23(29)26(4)21(24(30)32-14(2)3)20-13-31-12-19(16)27(18)20/h6-11,14,17,20-21H,5,12-13H2,1-4H3,(H,25,28)/t17-,20?,21+/m1/s1. The van der Waals surface area contributed by atoms with Crippen molar-refractivity contribution in [3.63, 3.8) is 0 Å². The fraction of sp³-hybridized carbons (Fsp3) is 0.458. The smallest absolute Gasteiger partial charge is 0.331 e. The SMILES string of the molecule is CC[C@@H](NC(=O)c1cc2n3c1COCC3[C@@H](C(=O)OC(C)C)N(C)C2=O)c1ccccc1. The maximum atomic E-state index is 13.3. The van der Waals surface area contributed by atoms with E-state index in [0.717, 1.165) is 12.0 Å². The molecule has 2 aromatic rings. The van der Waals surface area contributed by atoms with E-state index in [4.69, 9.17) is 9.47 Å². The molecule has 4 rings (SSSR count). The molecule has 170 valence electrons. The van der Waals surface area contributed by atoms with Gasteiger partial charge in [0.15, 0.2) is 6.04 Å². The Kier molecular flexibility index (Phi) is 6.06. The molecule has 0 saturated carbocycles. The van der Waals surface area contributed by atoms with Gasteiger partial charge in [0.05, 0.1) is 42.7 Å². The number of rotatable bonds is 6. The molecule has 0 saturated heterocycles. The summed E-state index contributed by atoms with van der Waals surface area (Å²) in [6, 6.07) is 9.98. The number of benzene rings is 1. The third-order valence-corrected chi connectivity index (χ3v) is 6.08. The van der Waals surface area contributed by atoms with E-state index in [1.807, 2.05) is 37.3 Å². The van der Waals surface area contributed by atoms with Crippen LogP contribution >= 0.6 is 0 Å². The quantitative estimate of drug-likeness (QED) is 0.699. The van der Waals surface area contributed by atoms with Crippen LogP contribution in [0.25, 0.3) is 0 Å². The first-order chi connectivity index (χ1) is 15.3. The summed E-state index contributed by atoms with van der Waals surface area (Å²) < 4.78 is 13.0. The number of esters is 1. The molecule has 0 radical (unpaired) electrons. The molecule has 1 aromatic heterocycles. The highest BCUT2D eigenvalue weighted by Gasteiger charge is 2.47. The lowest BCUT2D eigenvalue weighted by molar-refractivity contribution is -0.156. The van der Waals surface area contributed by atoms with Gasteiger partial charge in [0.25, 0.3) is 11.8 Å². The number of amides is 2. The van der Waals surface area contributed by atoms with Crippen molar-refractivity contribution in [1.29, 1.82) is 0 Å². The Bertz CT molecular complexity index is 1030. The van der Waals surface area contributed by atoms with Crippen molar-refractivity contribution in [1.82, 2.24) is 14.8 Å². The van der Waals surface area contributed by atoms with Crippen LogP contribution in [0.15, 0.2) is 36.4 Å². The lowest BCUT2D eigenvalue weighted by Crippen LogP contribution is -2.55. The number of hydrogen-bond acceptors (Lipinski definition) is 5. The third-order valence-electron chi connectivity index (χ3n) is 6.08. The van der Waals surface area contributed by atoms with Gasteiger partial charge in [0.1, 0.15) is 5.69 Å². The van der Waals surface area contributed by atoms with Crippen molar-refractivity contribution >= 4 is 17.8 Å². The zero-order valence-electron chi connectivity index (χ0n) is 18.8. The van der Waals surface area contributed by atoms with Crippen LogP contribution in [-0.4, -0.2) is 53.1 Å². The third kappa shape index (κ3) is 3.79. The van der Waals surface area contributed by atoms with Crippen LogP contribution in [-0.2, 0) is 20.9 Å². The van der Waals surface area contributed by atoms with Crippen LogP contribution in [0, 0.1) is 0 Å². The van der Waals surface area contributed by atoms with E-state index < -0.39 is 18.1 Å². The van der Waals surface area contributed by atoms with E-state index in [-0.39, 0.29) is 37.2 Å². The molecule has 1 aromatic carbocycles. The molecule has 0 bridgehead atoms. The van der Waals surface area contributed by atoms with Crippen molar-refractivity contribution in [2.45, 2.75) is 58.0 Å². The van der Waals surface area contributed by atoms with E-state index >= 15 is 0 Å². The minimum absolute atomic E-state index is 0.153. The predicted molar refractivity (Wildman–Crippen MR) is 117 cm³/mol. The number of hydrogen-bond donors (Lipinski definition) is 1. The second kappa shape index (κ2) is 8.78. The maximum absolute atomic E-state index is 13.3. The summed E-state index contributed by atoms with van der Waals surface area (Å²) in [7, 11) is 1.58. The number of likely N-dealkylation sites (N-methyl/N-ethyl adjacent to an activating group) is 1. The van der Waals surface area contributed by atoms with E-state index in [1.54, 1.807) is 31.5 Å². The molecule has 0 aliphatic carbocycles. The largest absolute Gasteiger partial charge is 0.461 e. The molecule has 3 heterocycles. The fourth-order valence-electron chi connectivity index (χ4n) is 4.56. The average Bonchev–Trinajstić information content (AvgIpc) is 3.17. The van der Waals surface area contributed by atoms with Gasteiger partial charge in [-0.15, -0.1) is 0 Å². The second-order valence-electron chi connectivity index (χ2n) is 8.53. The highest BCUT2D eigenvalue weighted by Crippen LogP contribution is 2.36. The van der Waals surface area contributed by atoms with E-state index in [0.29, 0.717) is 17.0 Å². The van der Waals surface area contributed by atoms with Gasteiger partial charge >= 0.3 is 5.97 Å². The van der Waals surface area contributed by atoms with E-state index in [1.165, 1.54) is 4.90 Å². The minimum Gasteiger partial charge on any atom is -0.461 e. The van der Waals surface area contributed by atoms with Gasteiger partial charge in [-0.25, -0.2) is 4.79 Å². The van der Waals surface area contributed by atoms with Gasteiger partial charge in [0, 0.05) is 7.05 Å². The molecule has 2 aliphatic rings. The zero-order chi connectivity index (χ0) is 23.0.